The van der Waals surface area contributed by atoms with Crippen molar-refractivity contribution in [3.63, 3.8) is 0 Å². The Labute approximate surface area is 231 Å². The number of hydrogen-bond donors (Lipinski definition) is 10. The van der Waals surface area contributed by atoms with Gasteiger partial charge in [0, 0.05) is 42.1 Å². The lowest BCUT2D eigenvalue weighted by atomic mass is 9.72. The molecule has 1 saturated heterocycles. The van der Waals surface area contributed by atoms with E-state index < -0.39 is 96.6 Å². The Morgan fingerprint density at radius 1 is 0.854 bits per heavy atom. The number of aromatic hydroxyl groups is 3. The van der Waals surface area contributed by atoms with Crippen molar-refractivity contribution in [2.45, 2.75) is 62.2 Å². The summed E-state index contributed by atoms with van der Waals surface area (Å²) in [4.78, 5) is 13.5. The highest BCUT2D eigenvalue weighted by atomic mass is 16.7. The fraction of sp³-hybridized carbons (Fsp3) is 0.519. The summed E-state index contributed by atoms with van der Waals surface area (Å²) in [6.45, 7) is 0.368. The number of ether oxygens (including phenoxy) is 2. The standard InChI is InChI=1S/C27H32O14/c1-8-20(32)24(36)17(7-29)41-27(8)40-15-5-14-10(3-12(15)30)22(34)19-16(39-14)4-13(31)18(25(19)37)11-2-9(6-28)21(33)26(38)23(11)35/h3-5,8-9,11,17,20-21,23-24,26-33,35-38H,2,6-7H2,1H3/t8-,9-,11?,17-,20-,21-,23+,24-,26+,27-/m1/s1. The highest BCUT2D eigenvalue weighted by molar-refractivity contribution is 5.96. The maximum absolute atomic E-state index is 13.5. The second kappa shape index (κ2) is 10.9. The van der Waals surface area contributed by atoms with Crippen LogP contribution in [0.15, 0.2) is 27.4 Å². The van der Waals surface area contributed by atoms with Gasteiger partial charge in [0.15, 0.2) is 11.5 Å². The van der Waals surface area contributed by atoms with Crippen molar-refractivity contribution in [1.29, 1.82) is 0 Å². The van der Waals surface area contributed by atoms with Crippen molar-refractivity contribution in [3.8, 4) is 23.0 Å². The number of rotatable bonds is 5. The fourth-order valence-electron chi connectivity index (χ4n) is 5.75. The number of fused-ring (bicyclic) bond motifs is 2. The minimum atomic E-state index is -1.70. The second-order valence-corrected chi connectivity index (χ2v) is 10.7. The number of benzene rings is 2. The maximum Gasteiger partial charge on any atom is 0.205 e. The van der Waals surface area contributed by atoms with Crippen LogP contribution in [0.3, 0.4) is 0 Å². The Kier molecular flexibility index (Phi) is 7.78. The Balaban J connectivity index is 1.57. The summed E-state index contributed by atoms with van der Waals surface area (Å²) >= 11 is 0. The van der Waals surface area contributed by atoms with E-state index in [9.17, 15) is 55.9 Å². The highest BCUT2D eigenvalue weighted by Gasteiger charge is 2.45. The molecule has 2 heterocycles. The number of phenols is 3. The van der Waals surface area contributed by atoms with E-state index >= 15 is 0 Å². The molecule has 0 amide bonds. The summed E-state index contributed by atoms with van der Waals surface area (Å²) in [6, 6.07) is 3.21. The molecule has 41 heavy (non-hydrogen) atoms. The maximum atomic E-state index is 13.5. The lowest BCUT2D eigenvalue weighted by Gasteiger charge is -2.40. The third-order valence-corrected chi connectivity index (χ3v) is 8.22. The average molecular weight is 581 g/mol. The molecule has 5 rings (SSSR count). The van der Waals surface area contributed by atoms with E-state index in [-0.39, 0.29) is 39.7 Å². The molecule has 1 aromatic heterocycles. The van der Waals surface area contributed by atoms with Crippen LogP contribution < -0.4 is 10.2 Å². The second-order valence-electron chi connectivity index (χ2n) is 10.7. The number of phenolic OH excluding ortho intramolecular Hbond substituents is 3. The van der Waals surface area contributed by atoms with Gasteiger partial charge >= 0.3 is 0 Å². The monoisotopic (exact) mass is 580 g/mol. The van der Waals surface area contributed by atoms with E-state index in [4.69, 9.17) is 13.9 Å². The fourth-order valence-corrected chi connectivity index (χ4v) is 5.75. The molecule has 1 unspecified atom stereocenters. The van der Waals surface area contributed by atoms with Crippen molar-refractivity contribution >= 4 is 21.9 Å². The molecule has 2 aromatic carbocycles. The molecule has 0 bridgehead atoms. The van der Waals surface area contributed by atoms with Crippen molar-refractivity contribution in [2.75, 3.05) is 13.2 Å². The van der Waals surface area contributed by atoms with Gasteiger partial charge in [0.05, 0.1) is 30.3 Å². The zero-order chi connectivity index (χ0) is 29.9. The van der Waals surface area contributed by atoms with Crippen LogP contribution in [0.4, 0.5) is 0 Å². The SMILES string of the molecule is C[C@H]1[C@H](Oc2cc3oc4cc(O)c(C5C[C@H](CO)[C@@H](O)[C@H](O)[C@H]5O)c(O)c4c(=O)c3cc2O)O[C@H](CO)[C@@H](O)[C@@H]1O. The molecule has 14 nitrogen and oxygen atoms in total. The van der Waals surface area contributed by atoms with Gasteiger partial charge in [-0.25, -0.2) is 0 Å². The largest absolute Gasteiger partial charge is 0.507 e. The molecule has 1 aliphatic carbocycles. The summed E-state index contributed by atoms with van der Waals surface area (Å²) in [5.41, 5.74) is -1.48. The van der Waals surface area contributed by atoms with Crippen LogP contribution in [0.2, 0.25) is 0 Å². The van der Waals surface area contributed by atoms with Crippen LogP contribution in [-0.2, 0) is 4.74 Å². The molecule has 10 N–H and O–H groups in total. The first-order valence-corrected chi connectivity index (χ1v) is 13.0. The summed E-state index contributed by atoms with van der Waals surface area (Å²) in [6.07, 6.45) is -9.97. The first-order valence-electron chi connectivity index (χ1n) is 13.0. The molecule has 0 radical (unpaired) electrons. The summed E-state index contributed by atoms with van der Waals surface area (Å²) in [5.74, 6) is -4.93. The van der Waals surface area contributed by atoms with E-state index in [0.717, 1.165) is 18.2 Å². The molecule has 3 aromatic rings. The van der Waals surface area contributed by atoms with Crippen LogP contribution in [-0.4, -0.2) is 107 Å². The van der Waals surface area contributed by atoms with E-state index in [0.29, 0.717) is 0 Å². The predicted octanol–water partition coefficient (Wildman–Crippen LogP) is -1.30. The van der Waals surface area contributed by atoms with Crippen LogP contribution in [0.5, 0.6) is 23.0 Å². The van der Waals surface area contributed by atoms with Crippen LogP contribution >= 0.6 is 0 Å². The Hall–Kier alpha value is -3.21. The average Bonchev–Trinajstić information content (AvgIpc) is 2.93. The van der Waals surface area contributed by atoms with Gasteiger partial charge in [0.25, 0.3) is 0 Å². The zero-order valence-electron chi connectivity index (χ0n) is 21.7. The summed E-state index contributed by atoms with van der Waals surface area (Å²) in [5, 5.41) is 102. The first kappa shape index (κ1) is 29.3. The quantitative estimate of drug-likeness (QED) is 0.157. The van der Waals surface area contributed by atoms with Gasteiger partial charge in [-0.1, -0.05) is 6.92 Å². The molecular weight excluding hydrogens is 548 g/mol. The van der Waals surface area contributed by atoms with Gasteiger partial charge in [-0.05, 0) is 12.5 Å². The molecule has 2 aliphatic rings. The van der Waals surface area contributed by atoms with Crippen molar-refractivity contribution in [3.05, 3.63) is 34.0 Å². The van der Waals surface area contributed by atoms with Crippen molar-refractivity contribution < 1.29 is 65.0 Å². The number of aliphatic hydroxyl groups excluding tert-OH is 7. The molecule has 2 fully saturated rings. The lowest BCUT2D eigenvalue weighted by Crippen LogP contribution is -2.56. The smallest absolute Gasteiger partial charge is 0.205 e. The van der Waals surface area contributed by atoms with Gasteiger partial charge in [0.1, 0.15) is 46.4 Å². The number of aliphatic hydroxyl groups is 7. The van der Waals surface area contributed by atoms with E-state index in [1.54, 1.807) is 0 Å². The third kappa shape index (κ3) is 4.75. The minimum absolute atomic E-state index is 0.124. The molecular formula is C27H32O14. The number of hydrogen-bond acceptors (Lipinski definition) is 14. The molecule has 1 saturated carbocycles. The predicted molar refractivity (Wildman–Crippen MR) is 138 cm³/mol. The van der Waals surface area contributed by atoms with Crippen LogP contribution in [0, 0.1) is 11.8 Å². The van der Waals surface area contributed by atoms with E-state index in [1.807, 2.05) is 0 Å². The molecule has 224 valence electrons. The first-order chi connectivity index (χ1) is 19.4. The van der Waals surface area contributed by atoms with Gasteiger partial charge in [-0.2, -0.15) is 0 Å². The Morgan fingerprint density at radius 3 is 2.22 bits per heavy atom. The lowest BCUT2D eigenvalue weighted by molar-refractivity contribution is -0.256. The topological polar surface area (TPSA) is 251 Å². The van der Waals surface area contributed by atoms with E-state index in [2.05, 4.69) is 0 Å². The summed E-state index contributed by atoms with van der Waals surface area (Å²) < 4.78 is 17.0. The summed E-state index contributed by atoms with van der Waals surface area (Å²) in [7, 11) is 0. The van der Waals surface area contributed by atoms with E-state index in [1.165, 1.54) is 6.92 Å². The molecule has 0 spiro atoms. The molecule has 1 aliphatic heterocycles. The third-order valence-electron chi connectivity index (χ3n) is 8.22. The van der Waals surface area contributed by atoms with Gasteiger partial charge < -0.3 is 65.0 Å². The van der Waals surface area contributed by atoms with Gasteiger partial charge in [-0.15, -0.1) is 0 Å². The Bertz CT molecular complexity index is 1500. The van der Waals surface area contributed by atoms with Crippen molar-refractivity contribution in [1.82, 2.24) is 0 Å². The minimum Gasteiger partial charge on any atom is -0.507 e. The normalized spacial score (nSPS) is 34.2. The van der Waals surface area contributed by atoms with Gasteiger partial charge in [0.2, 0.25) is 11.7 Å². The zero-order valence-corrected chi connectivity index (χ0v) is 21.7. The van der Waals surface area contributed by atoms with Crippen LogP contribution in [0.1, 0.15) is 24.8 Å². The van der Waals surface area contributed by atoms with Gasteiger partial charge in [-0.3, -0.25) is 4.79 Å². The Morgan fingerprint density at radius 2 is 1.56 bits per heavy atom. The highest BCUT2D eigenvalue weighted by Crippen LogP contribution is 2.47. The molecule has 10 atom stereocenters. The van der Waals surface area contributed by atoms with Crippen molar-refractivity contribution in [2.24, 2.45) is 11.8 Å². The van der Waals surface area contributed by atoms with Crippen LogP contribution in [0.25, 0.3) is 21.9 Å². The molecule has 14 heteroatoms.